The predicted molar refractivity (Wildman–Crippen MR) is 237 cm³/mol. The van der Waals surface area contributed by atoms with E-state index in [1.54, 1.807) is 7.11 Å². The van der Waals surface area contributed by atoms with E-state index in [9.17, 15) is 0 Å². The van der Waals surface area contributed by atoms with Gasteiger partial charge in [0.1, 0.15) is 30.0 Å². The summed E-state index contributed by atoms with van der Waals surface area (Å²) in [5.74, 6) is 0. The van der Waals surface area contributed by atoms with E-state index < -0.39 is 30.0 Å². The van der Waals surface area contributed by atoms with Crippen LogP contribution in [-0.4, -0.2) is 44.7 Å². The topological polar surface area (TPSA) is 55.4 Å². The maximum Gasteiger partial charge on any atom is 0.143 e. The molecule has 7 aromatic carbocycles. The van der Waals surface area contributed by atoms with Gasteiger partial charge < -0.3 is 28.4 Å². The van der Waals surface area contributed by atoms with Crippen LogP contribution in [0.5, 0.6) is 0 Å². The van der Waals surface area contributed by atoms with Gasteiger partial charge in [-0.25, -0.2) is 0 Å². The summed E-state index contributed by atoms with van der Waals surface area (Å²) in [6.07, 6.45) is -2.58. The molecule has 0 radical (unpaired) electrons. The van der Waals surface area contributed by atoms with Crippen molar-refractivity contribution in [2.24, 2.45) is 0 Å². The summed E-state index contributed by atoms with van der Waals surface area (Å²) < 4.78 is 41.5. The van der Waals surface area contributed by atoms with Gasteiger partial charge in [0.05, 0.1) is 39.6 Å². The third-order valence-corrected chi connectivity index (χ3v) is 10.6. The second kappa shape index (κ2) is 22.6. The Labute approximate surface area is 355 Å². The van der Waals surface area contributed by atoms with Gasteiger partial charge in [-0.2, -0.15) is 0 Å². The van der Waals surface area contributed by atoms with Crippen LogP contribution in [0.15, 0.2) is 212 Å². The van der Waals surface area contributed by atoms with E-state index in [1.807, 2.05) is 91.0 Å². The first-order valence-corrected chi connectivity index (χ1v) is 20.6. The molecule has 6 heteroatoms. The molecular weight excluding hydrogens is 745 g/mol. The summed E-state index contributed by atoms with van der Waals surface area (Å²) >= 11 is 0. The summed E-state index contributed by atoms with van der Waals surface area (Å²) in [4.78, 5) is 0. The minimum Gasteiger partial charge on any atom is -0.382 e. The maximum atomic E-state index is 7.52. The molecule has 0 saturated carbocycles. The Kier molecular flexibility index (Phi) is 16.0. The minimum absolute atomic E-state index is 0.133. The van der Waals surface area contributed by atoms with E-state index in [0.29, 0.717) is 26.4 Å². The molecule has 0 bridgehead atoms. The second-order valence-electron chi connectivity index (χ2n) is 14.7. The lowest BCUT2D eigenvalue weighted by molar-refractivity contribution is -0.210. The fourth-order valence-corrected chi connectivity index (χ4v) is 7.53. The Morgan fingerprint density at radius 2 is 0.600 bits per heavy atom. The van der Waals surface area contributed by atoms with Gasteiger partial charge in [-0.3, -0.25) is 0 Å². The number of benzene rings is 7. The molecular formula is C54H54O6. The maximum absolute atomic E-state index is 7.52. The van der Waals surface area contributed by atoms with Crippen molar-refractivity contribution in [3.63, 3.8) is 0 Å². The molecule has 0 aromatic heterocycles. The summed E-state index contributed by atoms with van der Waals surface area (Å²) in [7, 11) is 1.69. The van der Waals surface area contributed by atoms with Gasteiger partial charge in [0.2, 0.25) is 0 Å². The molecule has 4 atom stereocenters. The SMILES string of the molecule is COC[C@@H](OCc1ccccc1)[C@@H](OCc1ccccc1)[C@H](OCc1ccccc1)[C@@H](COC(c1ccccc1)(c1ccccc1)c1ccccc1)OCc1ccccc1. The zero-order valence-electron chi connectivity index (χ0n) is 34.2. The number of hydrogen-bond donors (Lipinski definition) is 0. The second-order valence-corrected chi connectivity index (χ2v) is 14.7. The first-order chi connectivity index (χ1) is 29.7. The molecule has 0 aliphatic carbocycles. The van der Waals surface area contributed by atoms with Crippen molar-refractivity contribution in [1.29, 1.82) is 0 Å². The lowest BCUT2D eigenvalue weighted by Crippen LogP contribution is -2.53. The number of methoxy groups -OCH3 is 1. The van der Waals surface area contributed by atoms with Crippen LogP contribution in [0.25, 0.3) is 0 Å². The highest BCUT2D eigenvalue weighted by molar-refractivity contribution is 5.47. The smallest absolute Gasteiger partial charge is 0.143 e. The summed E-state index contributed by atoms with van der Waals surface area (Å²) in [6.45, 7) is 1.69. The zero-order chi connectivity index (χ0) is 41.1. The Balaban J connectivity index is 1.34. The number of hydrogen-bond acceptors (Lipinski definition) is 6. The van der Waals surface area contributed by atoms with Gasteiger partial charge in [-0.05, 0) is 38.9 Å². The van der Waals surface area contributed by atoms with Gasteiger partial charge >= 0.3 is 0 Å². The molecule has 306 valence electrons. The Morgan fingerprint density at radius 3 is 0.900 bits per heavy atom. The van der Waals surface area contributed by atoms with Gasteiger partial charge in [0.25, 0.3) is 0 Å². The Morgan fingerprint density at radius 1 is 0.333 bits per heavy atom. The van der Waals surface area contributed by atoms with E-state index in [1.165, 1.54) is 0 Å². The minimum atomic E-state index is -1.00. The largest absolute Gasteiger partial charge is 0.382 e. The molecule has 0 saturated heterocycles. The summed E-state index contributed by atoms with van der Waals surface area (Å²) in [5.41, 5.74) is 6.09. The van der Waals surface area contributed by atoms with E-state index >= 15 is 0 Å². The van der Waals surface area contributed by atoms with Crippen LogP contribution in [0.3, 0.4) is 0 Å². The first-order valence-electron chi connectivity index (χ1n) is 20.6. The summed E-state index contributed by atoms with van der Waals surface area (Å²) in [6, 6.07) is 71.9. The third-order valence-electron chi connectivity index (χ3n) is 10.6. The Hall–Kier alpha value is -5.70. The van der Waals surface area contributed by atoms with Gasteiger partial charge in [0.15, 0.2) is 0 Å². The van der Waals surface area contributed by atoms with E-state index in [0.717, 1.165) is 38.9 Å². The quantitative estimate of drug-likeness (QED) is 0.0601. The highest BCUT2D eigenvalue weighted by atomic mass is 16.6. The predicted octanol–water partition coefficient (Wildman–Crippen LogP) is 11.0. The summed E-state index contributed by atoms with van der Waals surface area (Å²) in [5, 5.41) is 0. The molecule has 0 spiro atoms. The van der Waals surface area contributed by atoms with Gasteiger partial charge in [-0.1, -0.05) is 212 Å². The average Bonchev–Trinajstić information content (AvgIpc) is 3.32. The molecule has 0 heterocycles. The van der Waals surface area contributed by atoms with Crippen LogP contribution in [0.1, 0.15) is 38.9 Å². The van der Waals surface area contributed by atoms with Crippen LogP contribution in [0, 0.1) is 0 Å². The lowest BCUT2D eigenvalue weighted by atomic mass is 9.80. The highest BCUT2D eigenvalue weighted by Crippen LogP contribution is 2.41. The standard InChI is InChI=1S/C54H54O6/c1-55-41-50(56-37-43-23-9-2-10-24-43)52(58-39-45-27-13-4-14-28-45)53(59-40-46-29-15-5-16-30-46)51(57-38-44-25-11-3-12-26-44)42-60-54(47-31-17-6-18-32-47,48-33-19-7-20-34-48)49-35-21-8-22-36-49/h2-36,50-53H,37-42H2,1H3/t50-,51-,52-,53-/m1/s1. The molecule has 7 aromatic rings. The molecule has 60 heavy (non-hydrogen) atoms. The van der Waals surface area contributed by atoms with Crippen LogP contribution in [-0.2, 0) is 60.4 Å². The molecule has 0 aliphatic heterocycles. The lowest BCUT2D eigenvalue weighted by Gasteiger charge is -2.40. The van der Waals surface area contributed by atoms with Crippen molar-refractivity contribution in [1.82, 2.24) is 0 Å². The molecule has 0 fully saturated rings. The molecule has 7 rings (SSSR count). The van der Waals surface area contributed by atoms with E-state index in [-0.39, 0.29) is 13.2 Å². The molecule has 6 nitrogen and oxygen atoms in total. The van der Waals surface area contributed by atoms with E-state index in [4.69, 9.17) is 28.4 Å². The molecule has 0 unspecified atom stereocenters. The number of ether oxygens (including phenoxy) is 6. The van der Waals surface area contributed by atoms with Crippen molar-refractivity contribution in [2.45, 2.75) is 56.4 Å². The first kappa shape index (κ1) is 42.4. The molecule has 0 N–H and O–H groups in total. The van der Waals surface area contributed by atoms with E-state index in [2.05, 4.69) is 121 Å². The van der Waals surface area contributed by atoms with Crippen LogP contribution < -0.4 is 0 Å². The normalized spacial score (nSPS) is 13.6. The molecule has 0 aliphatic rings. The number of rotatable bonds is 23. The average molecular weight is 799 g/mol. The monoisotopic (exact) mass is 798 g/mol. The highest BCUT2D eigenvalue weighted by Gasteiger charge is 2.43. The van der Waals surface area contributed by atoms with Crippen LogP contribution in [0.4, 0.5) is 0 Å². The molecule has 0 amide bonds. The van der Waals surface area contributed by atoms with Crippen molar-refractivity contribution < 1.29 is 28.4 Å². The Bertz CT molecular complexity index is 2090. The van der Waals surface area contributed by atoms with Crippen LogP contribution in [0.2, 0.25) is 0 Å². The van der Waals surface area contributed by atoms with Gasteiger partial charge in [0, 0.05) is 7.11 Å². The van der Waals surface area contributed by atoms with Crippen molar-refractivity contribution in [3.8, 4) is 0 Å². The third kappa shape index (κ3) is 11.5. The van der Waals surface area contributed by atoms with Crippen molar-refractivity contribution >= 4 is 0 Å². The van der Waals surface area contributed by atoms with Crippen molar-refractivity contribution in [3.05, 3.63) is 251 Å². The van der Waals surface area contributed by atoms with Gasteiger partial charge in [-0.15, -0.1) is 0 Å². The van der Waals surface area contributed by atoms with Crippen molar-refractivity contribution in [2.75, 3.05) is 20.3 Å². The fourth-order valence-electron chi connectivity index (χ4n) is 7.53. The van der Waals surface area contributed by atoms with Crippen LogP contribution >= 0.6 is 0 Å². The zero-order valence-corrected chi connectivity index (χ0v) is 34.2. The fraction of sp³-hybridized carbons (Fsp3) is 0.222.